The van der Waals surface area contributed by atoms with Crippen molar-refractivity contribution < 1.29 is 0 Å². The molecule has 0 aliphatic heterocycles. The van der Waals surface area contributed by atoms with Gasteiger partial charge in [0.05, 0.1) is 61.9 Å². The van der Waals surface area contributed by atoms with Crippen LogP contribution in [0.2, 0.25) is 0 Å². The van der Waals surface area contributed by atoms with Crippen LogP contribution in [0.15, 0.2) is 78.9 Å². The van der Waals surface area contributed by atoms with Crippen molar-refractivity contribution in [2.75, 3.05) is 18.2 Å². The molecule has 0 spiro atoms. The summed E-state index contributed by atoms with van der Waals surface area (Å²) in [5.74, 6) is 0. The predicted octanol–water partition coefficient (Wildman–Crippen LogP) is 9.34. The van der Waals surface area contributed by atoms with E-state index >= 15 is 0 Å². The van der Waals surface area contributed by atoms with Crippen molar-refractivity contribution in [3.8, 4) is 0 Å². The molecule has 0 aliphatic rings. The summed E-state index contributed by atoms with van der Waals surface area (Å²) in [6.45, 7) is 24.5. The summed E-state index contributed by atoms with van der Waals surface area (Å²) in [6.07, 6.45) is 0. The van der Waals surface area contributed by atoms with Crippen LogP contribution in [0, 0.1) is 0 Å². The maximum Gasteiger partial charge on any atom is 0.118 e. The molecule has 35 heavy (non-hydrogen) atoms. The number of hydrogen-bond acceptors (Lipinski definition) is 1. The SMILES string of the molecule is CC(C)[P+](C)(c1ccccc1N(c1ccccc1)c1ccccc1[P+](C)(C(C)C)C(C)C)C(C)C. The number of hydrogen-bond donors (Lipinski definition) is 0. The number of anilines is 3. The molecule has 0 aromatic heterocycles. The normalized spacial score (nSPS) is 12.7. The van der Waals surface area contributed by atoms with Gasteiger partial charge >= 0.3 is 0 Å². The number of benzene rings is 3. The van der Waals surface area contributed by atoms with E-state index in [2.05, 4.69) is 152 Å². The molecule has 3 aromatic rings. The van der Waals surface area contributed by atoms with Gasteiger partial charge in [-0.2, -0.15) is 0 Å². The van der Waals surface area contributed by atoms with Crippen molar-refractivity contribution in [2.45, 2.75) is 78.0 Å². The average Bonchev–Trinajstić information content (AvgIpc) is 2.84. The van der Waals surface area contributed by atoms with E-state index < -0.39 is 14.5 Å². The largest absolute Gasteiger partial charge is 0.303 e. The molecule has 0 fully saturated rings. The Kier molecular flexibility index (Phi) is 8.89. The van der Waals surface area contributed by atoms with E-state index in [0.29, 0.717) is 22.6 Å². The molecule has 0 aliphatic carbocycles. The lowest BCUT2D eigenvalue weighted by molar-refractivity contribution is 0.997. The fraction of sp³-hybridized carbons (Fsp3) is 0.438. The number of rotatable bonds is 9. The number of para-hydroxylation sites is 3. The van der Waals surface area contributed by atoms with E-state index in [0.717, 1.165) is 0 Å². The molecule has 0 saturated heterocycles. The van der Waals surface area contributed by atoms with Crippen LogP contribution in [0.25, 0.3) is 0 Å². The van der Waals surface area contributed by atoms with Gasteiger partial charge in [0.2, 0.25) is 0 Å². The van der Waals surface area contributed by atoms with Gasteiger partial charge in [0.1, 0.15) is 10.6 Å². The lowest BCUT2D eigenvalue weighted by atomic mass is 10.2. The molecule has 3 rings (SSSR count). The zero-order valence-electron chi connectivity index (χ0n) is 23.7. The van der Waals surface area contributed by atoms with Gasteiger partial charge in [-0.25, -0.2) is 0 Å². The molecule has 0 amide bonds. The fourth-order valence-electron chi connectivity index (χ4n) is 5.41. The van der Waals surface area contributed by atoms with Crippen molar-refractivity contribution in [1.82, 2.24) is 0 Å². The van der Waals surface area contributed by atoms with Gasteiger partial charge in [0.15, 0.2) is 0 Å². The Morgan fingerprint density at radius 1 is 0.457 bits per heavy atom. The summed E-state index contributed by atoms with van der Waals surface area (Å²) in [5, 5.41) is 3.08. The van der Waals surface area contributed by atoms with Crippen LogP contribution in [0.1, 0.15) is 55.4 Å². The first kappa shape index (κ1) is 27.9. The molecule has 3 aromatic carbocycles. The molecule has 0 N–H and O–H groups in total. The van der Waals surface area contributed by atoms with Gasteiger partial charge < -0.3 is 4.90 Å². The lowest BCUT2D eigenvalue weighted by Gasteiger charge is -2.38. The van der Waals surface area contributed by atoms with Crippen LogP contribution < -0.4 is 15.5 Å². The quantitative estimate of drug-likeness (QED) is 0.261. The van der Waals surface area contributed by atoms with Gasteiger partial charge in [-0.1, -0.05) is 42.5 Å². The predicted molar refractivity (Wildman–Crippen MR) is 167 cm³/mol. The highest BCUT2D eigenvalue weighted by molar-refractivity contribution is 7.84. The maximum atomic E-state index is 2.58. The van der Waals surface area contributed by atoms with Crippen LogP contribution in [0.3, 0.4) is 0 Å². The average molecular weight is 508 g/mol. The van der Waals surface area contributed by atoms with Crippen molar-refractivity contribution >= 4 is 42.2 Å². The van der Waals surface area contributed by atoms with Gasteiger partial charge in [-0.3, -0.25) is 0 Å². The molecule has 1 nitrogen and oxygen atoms in total. The first-order valence-electron chi connectivity index (χ1n) is 13.2. The third-order valence-electron chi connectivity index (χ3n) is 8.59. The van der Waals surface area contributed by atoms with Crippen molar-refractivity contribution in [3.63, 3.8) is 0 Å². The van der Waals surface area contributed by atoms with E-state index in [9.17, 15) is 0 Å². The van der Waals surface area contributed by atoms with E-state index in [-0.39, 0.29) is 0 Å². The van der Waals surface area contributed by atoms with Crippen LogP contribution in [-0.4, -0.2) is 36.0 Å². The minimum Gasteiger partial charge on any atom is -0.303 e. The third kappa shape index (κ3) is 5.10. The molecule has 0 saturated carbocycles. The molecular weight excluding hydrogens is 460 g/mol. The first-order valence-corrected chi connectivity index (χ1v) is 18.0. The highest BCUT2D eigenvalue weighted by atomic mass is 31.2. The molecule has 0 unspecified atom stereocenters. The molecular formula is C32H47NP2+2. The minimum absolute atomic E-state index is 0.626. The Labute approximate surface area is 217 Å². The molecule has 0 atom stereocenters. The van der Waals surface area contributed by atoms with E-state index in [1.165, 1.54) is 27.7 Å². The van der Waals surface area contributed by atoms with E-state index in [4.69, 9.17) is 0 Å². The van der Waals surface area contributed by atoms with E-state index in [1.54, 1.807) is 0 Å². The molecule has 0 bridgehead atoms. The first-order chi connectivity index (χ1) is 16.5. The molecule has 3 heteroatoms. The second-order valence-corrected chi connectivity index (χ2v) is 21.0. The summed E-state index contributed by atoms with van der Waals surface area (Å²) in [6, 6.07) is 29.5. The topological polar surface area (TPSA) is 3.24 Å². The van der Waals surface area contributed by atoms with Gasteiger partial charge in [0.25, 0.3) is 0 Å². The van der Waals surface area contributed by atoms with Crippen molar-refractivity contribution in [1.29, 1.82) is 0 Å². The Balaban J connectivity index is 2.41. The lowest BCUT2D eigenvalue weighted by Crippen LogP contribution is -2.33. The summed E-state index contributed by atoms with van der Waals surface area (Å²) >= 11 is 0. The smallest absolute Gasteiger partial charge is 0.118 e. The number of nitrogens with zero attached hydrogens (tertiary/aromatic N) is 1. The van der Waals surface area contributed by atoms with Crippen LogP contribution in [-0.2, 0) is 0 Å². The second kappa shape index (κ2) is 11.2. The van der Waals surface area contributed by atoms with Crippen molar-refractivity contribution in [2.24, 2.45) is 0 Å². The van der Waals surface area contributed by atoms with Gasteiger partial charge in [-0.15, -0.1) is 0 Å². The van der Waals surface area contributed by atoms with Crippen molar-refractivity contribution in [3.05, 3.63) is 78.9 Å². The van der Waals surface area contributed by atoms with Crippen LogP contribution in [0.4, 0.5) is 17.1 Å². The Morgan fingerprint density at radius 2 is 0.771 bits per heavy atom. The van der Waals surface area contributed by atoms with Gasteiger partial charge in [-0.05, 0) is 91.8 Å². The second-order valence-electron chi connectivity index (χ2n) is 11.3. The van der Waals surface area contributed by atoms with Crippen LogP contribution in [0.5, 0.6) is 0 Å². The summed E-state index contributed by atoms with van der Waals surface area (Å²) < 4.78 is 0. The Bertz CT molecular complexity index is 1020. The highest BCUT2D eigenvalue weighted by Crippen LogP contribution is 2.66. The monoisotopic (exact) mass is 507 g/mol. The minimum atomic E-state index is -1.42. The Morgan fingerprint density at radius 3 is 1.11 bits per heavy atom. The van der Waals surface area contributed by atoms with E-state index in [1.807, 2.05) is 0 Å². The van der Waals surface area contributed by atoms with Crippen LogP contribution >= 0.6 is 14.5 Å². The zero-order chi connectivity index (χ0) is 26.0. The maximum absolute atomic E-state index is 2.58. The molecule has 188 valence electrons. The van der Waals surface area contributed by atoms with Gasteiger partial charge in [0, 0.05) is 5.69 Å². The summed E-state index contributed by atoms with van der Waals surface area (Å²) in [7, 11) is -2.85. The standard InChI is InChI=1S/C32H47NP2/c1-24(2)34(9,25(3)4)31-22-16-14-20-29(31)33(28-18-12-11-13-19-28)30-21-15-17-23-32(30)35(10,26(5)6)27(7)8/h11-27H,1-10H3/q+2. The fourth-order valence-corrected chi connectivity index (χ4v) is 12.2. The highest BCUT2D eigenvalue weighted by Gasteiger charge is 2.47. The Hall–Kier alpha value is -1.68. The summed E-state index contributed by atoms with van der Waals surface area (Å²) in [4.78, 5) is 2.58. The summed E-state index contributed by atoms with van der Waals surface area (Å²) in [5.41, 5.74) is 6.44. The molecule has 0 heterocycles. The third-order valence-corrected chi connectivity index (χ3v) is 20.0. The molecule has 0 radical (unpaired) electrons. The zero-order valence-corrected chi connectivity index (χ0v) is 25.4.